The number of rotatable bonds is 9. The van der Waals surface area contributed by atoms with E-state index in [2.05, 4.69) is 21.2 Å². The van der Waals surface area contributed by atoms with Gasteiger partial charge in [-0.05, 0) is 55.2 Å². The van der Waals surface area contributed by atoms with Crippen molar-refractivity contribution < 1.29 is 14.3 Å². The molecule has 0 aliphatic heterocycles. The fourth-order valence-electron chi connectivity index (χ4n) is 4.11. The van der Waals surface area contributed by atoms with E-state index in [-0.39, 0.29) is 31.0 Å². The Kier molecular flexibility index (Phi) is 10.4. The van der Waals surface area contributed by atoms with Crippen molar-refractivity contribution in [3.8, 4) is 5.75 Å². The van der Waals surface area contributed by atoms with Crippen molar-refractivity contribution >= 4 is 62.5 Å². The Morgan fingerprint density at radius 3 is 2.47 bits per heavy atom. The lowest BCUT2D eigenvalue weighted by atomic mass is 9.95. The molecule has 0 saturated heterocycles. The van der Waals surface area contributed by atoms with Gasteiger partial charge in [0.15, 0.2) is 6.61 Å². The van der Waals surface area contributed by atoms with Gasteiger partial charge in [-0.3, -0.25) is 9.59 Å². The van der Waals surface area contributed by atoms with Crippen LogP contribution in [0.1, 0.15) is 51.0 Å². The zero-order valence-electron chi connectivity index (χ0n) is 19.0. The van der Waals surface area contributed by atoms with E-state index in [1.54, 1.807) is 36.4 Å². The van der Waals surface area contributed by atoms with Crippen LogP contribution in [0.5, 0.6) is 5.75 Å². The predicted molar refractivity (Wildman–Crippen MR) is 141 cm³/mol. The summed E-state index contributed by atoms with van der Waals surface area (Å²) in [5, 5.41) is 4.47. The maximum Gasteiger partial charge on any atom is 0.261 e. The number of benzene rings is 2. The molecule has 1 aliphatic rings. The lowest BCUT2D eigenvalue weighted by Crippen LogP contribution is -2.52. The Morgan fingerprint density at radius 1 is 1.09 bits per heavy atom. The van der Waals surface area contributed by atoms with Crippen molar-refractivity contribution in [1.29, 1.82) is 0 Å². The summed E-state index contributed by atoms with van der Waals surface area (Å²) in [7, 11) is 0. The normalized spacial score (nSPS) is 15.0. The fourth-order valence-corrected chi connectivity index (χ4v) is 5.31. The van der Waals surface area contributed by atoms with E-state index in [1.807, 2.05) is 6.92 Å². The first-order valence-electron chi connectivity index (χ1n) is 11.4. The number of hydrogen-bond donors (Lipinski definition) is 1. The van der Waals surface area contributed by atoms with Gasteiger partial charge in [-0.1, -0.05) is 83.0 Å². The molecule has 1 N–H and O–H groups in total. The largest absolute Gasteiger partial charge is 0.482 e. The third-order valence-corrected chi connectivity index (χ3v) is 7.31. The van der Waals surface area contributed by atoms with E-state index in [1.165, 1.54) is 11.3 Å². The zero-order valence-corrected chi connectivity index (χ0v) is 22.8. The van der Waals surface area contributed by atoms with E-state index in [0.717, 1.165) is 30.2 Å². The van der Waals surface area contributed by atoms with E-state index in [9.17, 15) is 9.59 Å². The van der Waals surface area contributed by atoms with Crippen molar-refractivity contribution in [3.63, 3.8) is 0 Å². The summed E-state index contributed by atoms with van der Waals surface area (Å²) in [6.07, 6.45) is 5.78. The highest BCUT2D eigenvalue weighted by Crippen LogP contribution is 2.28. The third-order valence-electron chi connectivity index (χ3n) is 5.94. The van der Waals surface area contributed by atoms with Gasteiger partial charge in [0.1, 0.15) is 11.8 Å². The van der Waals surface area contributed by atoms with E-state index >= 15 is 0 Å². The van der Waals surface area contributed by atoms with Gasteiger partial charge in [0, 0.05) is 27.1 Å². The topological polar surface area (TPSA) is 58.6 Å². The van der Waals surface area contributed by atoms with Crippen molar-refractivity contribution in [1.82, 2.24) is 10.2 Å². The smallest absolute Gasteiger partial charge is 0.261 e. The highest BCUT2D eigenvalue weighted by atomic mass is 79.9. The van der Waals surface area contributed by atoms with Crippen molar-refractivity contribution in [2.24, 2.45) is 0 Å². The summed E-state index contributed by atoms with van der Waals surface area (Å²) < 4.78 is 6.52. The van der Waals surface area contributed by atoms with Crippen LogP contribution in [0.25, 0.3) is 0 Å². The highest BCUT2D eigenvalue weighted by molar-refractivity contribution is 9.10. The molecule has 2 aromatic carbocycles. The van der Waals surface area contributed by atoms with Crippen LogP contribution in [-0.2, 0) is 16.1 Å². The van der Waals surface area contributed by atoms with Gasteiger partial charge < -0.3 is 15.0 Å². The highest BCUT2D eigenvalue weighted by Gasteiger charge is 2.31. The Hall–Kier alpha value is -1.47. The first-order chi connectivity index (χ1) is 16.3. The Labute approximate surface area is 224 Å². The zero-order chi connectivity index (χ0) is 24.7. The van der Waals surface area contributed by atoms with Crippen LogP contribution < -0.4 is 10.1 Å². The van der Waals surface area contributed by atoms with Gasteiger partial charge in [-0.25, -0.2) is 0 Å². The standard InChI is InChI=1S/C25H28BrCl3N2O3/c1-2-22(25(33)30-19-6-4-3-5-7-19)31(14-16-8-10-18(27)13-20(16)28)24(32)15-34-23-11-9-17(26)12-21(23)29/h8-13,19,22H,2-7,14-15H2,1H3,(H,30,33)/t22-/m0/s1. The Balaban J connectivity index is 1.80. The lowest BCUT2D eigenvalue weighted by Gasteiger charge is -2.33. The summed E-state index contributed by atoms with van der Waals surface area (Å²) in [4.78, 5) is 28.2. The monoisotopic (exact) mass is 588 g/mol. The lowest BCUT2D eigenvalue weighted by molar-refractivity contribution is -0.143. The number of halogens is 4. The number of carbonyl (C=O) groups excluding carboxylic acids is 2. The van der Waals surface area contributed by atoms with E-state index in [0.29, 0.717) is 32.8 Å². The molecule has 1 atom stereocenters. The number of hydrogen-bond acceptors (Lipinski definition) is 3. The summed E-state index contributed by atoms with van der Waals surface area (Å²) >= 11 is 22.0. The quantitative estimate of drug-likeness (QED) is 0.341. The minimum atomic E-state index is -0.662. The van der Waals surface area contributed by atoms with Gasteiger partial charge in [0.25, 0.3) is 5.91 Å². The Bertz CT molecular complexity index is 1010. The molecular weight excluding hydrogens is 563 g/mol. The molecule has 0 heterocycles. The molecule has 0 spiro atoms. The molecule has 184 valence electrons. The van der Waals surface area contributed by atoms with E-state index in [4.69, 9.17) is 39.5 Å². The molecule has 9 heteroatoms. The number of nitrogens with zero attached hydrogens (tertiary/aromatic N) is 1. The van der Waals surface area contributed by atoms with Crippen molar-refractivity contribution in [2.75, 3.05) is 6.61 Å². The van der Waals surface area contributed by atoms with Crippen LogP contribution in [0.4, 0.5) is 0 Å². The van der Waals surface area contributed by atoms with Crippen LogP contribution in [0.2, 0.25) is 15.1 Å². The average Bonchev–Trinajstić information content (AvgIpc) is 2.80. The second-order valence-electron chi connectivity index (χ2n) is 8.39. The second kappa shape index (κ2) is 13.0. The molecule has 5 nitrogen and oxygen atoms in total. The summed E-state index contributed by atoms with van der Waals surface area (Å²) in [6, 6.07) is 9.75. The molecule has 1 aliphatic carbocycles. The second-order valence-corrected chi connectivity index (χ2v) is 10.6. The average molecular weight is 591 g/mol. The number of carbonyl (C=O) groups is 2. The first kappa shape index (κ1) is 27.1. The van der Waals surface area contributed by atoms with Crippen LogP contribution in [0.15, 0.2) is 40.9 Å². The molecule has 0 aromatic heterocycles. The number of nitrogens with one attached hydrogen (secondary N) is 1. The van der Waals surface area contributed by atoms with Gasteiger partial charge in [0.2, 0.25) is 5.91 Å². The molecule has 2 aromatic rings. The molecule has 1 fully saturated rings. The molecule has 0 radical (unpaired) electrons. The van der Waals surface area contributed by atoms with Gasteiger partial charge >= 0.3 is 0 Å². The molecule has 2 amide bonds. The van der Waals surface area contributed by atoms with Crippen LogP contribution in [0, 0.1) is 0 Å². The first-order valence-corrected chi connectivity index (χ1v) is 13.3. The van der Waals surface area contributed by atoms with E-state index < -0.39 is 6.04 Å². The minimum Gasteiger partial charge on any atom is -0.482 e. The third kappa shape index (κ3) is 7.51. The van der Waals surface area contributed by atoms with Crippen molar-refractivity contribution in [3.05, 3.63) is 61.5 Å². The maximum absolute atomic E-state index is 13.4. The number of amides is 2. The maximum atomic E-state index is 13.4. The molecule has 0 bridgehead atoms. The van der Waals surface area contributed by atoms with Gasteiger partial charge in [0.05, 0.1) is 5.02 Å². The van der Waals surface area contributed by atoms with Crippen molar-refractivity contribution in [2.45, 2.75) is 64.1 Å². The SMILES string of the molecule is CC[C@@H](C(=O)NC1CCCCC1)N(Cc1ccc(Cl)cc1Cl)C(=O)COc1ccc(Br)cc1Cl. The molecular formula is C25H28BrCl3N2O3. The van der Waals surface area contributed by atoms with Gasteiger partial charge in [-0.2, -0.15) is 0 Å². The summed E-state index contributed by atoms with van der Waals surface area (Å²) in [6.45, 7) is 1.78. The van der Waals surface area contributed by atoms with Gasteiger partial charge in [-0.15, -0.1) is 0 Å². The summed E-state index contributed by atoms with van der Waals surface area (Å²) in [5.74, 6) is -0.104. The fraction of sp³-hybridized carbons (Fsp3) is 0.440. The van der Waals surface area contributed by atoms with Crippen LogP contribution in [-0.4, -0.2) is 35.4 Å². The number of ether oxygens (including phenoxy) is 1. The molecule has 34 heavy (non-hydrogen) atoms. The molecule has 1 saturated carbocycles. The van der Waals surface area contributed by atoms with Crippen LogP contribution >= 0.6 is 50.7 Å². The molecule has 3 rings (SSSR count). The Morgan fingerprint density at radius 2 is 1.82 bits per heavy atom. The van der Waals surface area contributed by atoms with Crippen LogP contribution in [0.3, 0.4) is 0 Å². The molecule has 0 unspecified atom stereocenters. The minimum absolute atomic E-state index is 0.143. The summed E-state index contributed by atoms with van der Waals surface area (Å²) in [5.41, 5.74) is 0.699. The predicted octanol–water partition coefficient (Wildman–Crippen LogP) is 7.04.